The molecule has 27 heavy (non-hydrogen) atoms. The van der Waals surface area contributed by atoms with Crippen LogP contribution in [-0.4, -0.2) is 25.5 Å². The first-order valence-electron chi connectivity index (χ1n) is 8.94. The van der Waals surface area contributed by atoms with Crippen LogP contribution in [-0.2, 0) is 14.9 Å². The van der Waals surface area contributed by atoms with E-state index < -0.39 is 0 Å². The predicted octanol–water partition coefficient (Wildman–Crippen LogP) is 4.80. The van der Waals surface area contributed by atoms with E-state index in [9.17, 15) is 9.59 Å². The lowest BCUT2D eigenvalue weighted by molar-refractivity contribution is -0.137. The average Bonchev–Trinajstić information content (AvgIpc) is 2.65. The van der Waals surface area contributed by atoms with Crippen molar-refractivity contribution in [3.63, 3.8) is 0 Å². The van der Waals surface area contributed by atoms with Crippen LogP contribution in [0.2, 0.25) is 0 Å². The van der Waals surface area contributed by atoms with Crippen LogP contribution in [0.5, 0.6) is 5.75 Å². The number of rotatable bonds is 6. The molecule has 4 nitrogen and oxygen atoms in total. The molecule has 0 unspecified atom stereocenters. The number of hydrogen-bond donors (Lipinski definition) is 0. The van der Waals surface area contributed by atoms with Gasteiger partial charge in [0.2, 0.25) is 0 Å². The molecule has 0 aliphatic heterocycles. The molecule has 0 saturated carbocycles. The molecule has 0 radical (unpaired) electrons. The number of ketones is 1. The molecule has 142 valence electrons. The Balaban J connectivity index is 2.24. The minimum Gasteiger partial charge on any atom is -0.496 e. The Morgan fingerprint density at radius 3 is 2.19 bits per heavy atom. The second kappa shape index (κ2) is 8.67. The first kappa shape index (κ1) is 20.4. The molecule has 0 bridgehead atoms. The van der Waals surface area contributed by atoms with Crippen LogP contribution in [0.15, 0.2) is 48.5 Å². The summed E-state index contributed by atoms with van der Waals surface area (Å²) in [7, 11) is 1.63. The van der Waals surface area contributed by atoms with Crippen molar-refractivity contribution in [2.75, 3.05) is 13.7 Å². The van der Waals surface area contributed by atoms with Gasteiger partial charge in [-0.2, -0.15) is 0 Å². The van der Waals surface area contributed by atoms with Crippen molar-refractivity contribution in [3.8, 4) is 5.75 Å². The Hall–Kier alpha value is -2.88. The van der Waals surface area contributed by atoms with Crippen molar-refractivity contribution in [1.82, 2.24) is 0 Å². The summed E-state index contributed by atoms with van der Waals surface area (Å²) in [5, 5.41) is 0. The van der Waals surface area contributed by atoms with Gasteiger partial charge in [0.15, 0.2) is 5.78 Å². The van der Waals surface area contributed by atoms with Crippen LogP contribution < -0.4 is 4.74 Å². The van der Waals surface area contributed by atoms with Gasteiger partial charge in [-0.1, -0.05) is 45.0 Å². The summed E-state index contributed by atoms with van der Waals surface area (Å²) >= 11 is 0. The first-order chi connectivity index (χ1) is 12.8. The summed E-state index contributed by atoms with van der Waals surface area (Å²) in [4.78, 5) is 24.2. The van der Waals surface area contributed by atoms with E-state index in [2.05, 4.69) is 20.8 Å². The molecule has 2 aromatic carbocycles. The van der Waals surface area contributed by atoms with Crippen molar-refractivity contribution in [2.24, 2.45) is 0 Å². The Labute approximate surface area is 160 Å². The van der Waals surface area contributed by atoms with Crippen molar-refractivity contribution in [3.05, 3.63) is 70.8 Å². The zero-order valence-corrected chi connectivity index (χ0v) is 16.5. The molecular formula is C23H26O4. The van der Waals surface area contributed by atoms with Gasteiger partial charge in [-0.3, -0.25) is 4.79 Å². The highest BCUT2D eigenvalue weighted by molar-refractivity contribution is 6.09. The Kier molecular flexibility index (Phi) is 6.56. The van der Waals surface area contributed by atoms with Gasteiger partial charge >= 0.3 is 5.97 Å². The molecule has 0 heterocycles. The largest absolute Gasteiger partial charge is 0.496 e. The molecule has 0 aliphatic carbocycles. The van der Waals surface area contributed by atoms with Crippen molar-refractivity contribution >= 4 is 17.8 Å². The average molecular weight is 366 g/mol. The monoisotopic (exact) mass is 366 g/mol. The normalized spacial score (nSPS) is 11.4. The molecule has 0 N–H and O–H groups in total. The van der Waals surface area contributed by atoms with Gasteiger partial charge in [0.05, 0.1) is 13.7 Å². The van der Waals surface area contributed by atoms with E-state index in [-0.39, 0.29) is 17.2 Å². The van der Waals surface area contributed by atoms with Crippen LogP contribution in [0, 0.1) is 0 Å². The van der Waals surface area contributed by atoms with E-state index in [4.69, 9.17) is 9.47 Å². The standard InChI is InChI=1S/C23H26O4/c1-6-27-21(24)14-9-16-7-10-17(11-8-16)22(25)18-12-13-20(26-5)19(15-18)23(2,3)4/h7-15H,6H2,1-5H3/b14-9+. The highest BCUT2D eigenvalue weighted by atomic mass is 16.5. The Bertz CT molecular complexity index is 840. The quantitative estimate of drug-likeness (QED) is 0.419. The Morgan fingerprint density at radius 2 is 1.63 bits per heavy atom. The molecule has 0 amide bonds. The SMILES string of the molecule is CCOC(=O)/C=C/c1ccc(C(=O)c2ccc(OC)c(C(C)(C)C)c2)cc1. The fraction of sp³-hybridized carbons (Fsp3) is 0.304. The lowest BCUT2D eigenvalue weighted by atomic mass is 9.84. The number of ether oxygens (including phenoxy) is 2. The van der Waals surface area contributed by atoms with Crippen LogP contribution in [0.1, 0.15) is 54.7 Å². The maximum Gasteiger partial charge on any atom is 0.330 e. The van der Waals surface area contributed by atoms with Gasteiger partial charge < -0.3 is 9.47 Å². The van der Waals surface area contributed by atoms with E-state index in [1.807, 2.05) is 12.1 Å². The maximum absolute atomic E-state index is 12.9. The molecule has 2 aromatic rings. The Morgan fingerprint density at radius 1 is 1.00 bits per heavy atom. The maximum atomic E-state index is 12.9. The van der Waals surface area contributed by atoms with E-state index in [0.29, 0.717) is 17.7 Å². The fourth-order valence-corrected chi connectivity index (χ4v) is 2.70. The van der Waals surface area contributed by atoms with Crippen molar-refractivity contribution < 1.29 is 19.1 Å². The summed E-state index contributed by atoms with van der Waals surface area (Å²) in [5.41, 5.74) is 2.89. The van der Waals surface area contributed by atoms with Gasteiger partial charge in [-0.25, -0.2) is 4.79 Å². The topological polar surface area (TPSA) is 52.6 Å². The summed E-state index contributed by atoms with van der Waals surface area (Å²) in [5.74, 6) is 0.341. The predicted molar refractivity (Wildman–Crippen MR) is 107 cm³/mol. The molecule has 0 saturated heterocycles. The van der Waals surface area contributed by atoms with Gasteiger partial charge in [-0.05, 0) is 42.2 Å². The zero-order chi connectivity index (χ0) is 20.0. The number of carbonyl (C=O) groups excluding carboxylic acids is 2. The van der Waals surface area contributed by atoms with Gasteiger partial charge in [0.25, 0.3) is 0 Å². The number of methoxy groups -OCH3 is 1. The second-order valence-corrected chi connectivity index (χ2v) is 7.20. The van der Waals surface area contributed by atoms with Crippen LogP contribution in [0.4, 0.5) is 0 Å². The number of esters is 1. The highest BCUT2D eigenvalue weighted by Crippen LogP contribution is 2.32. The number of hydrogen-bond acceptors (Lipinski definition) is 4. The third-order valence-electron chi connectivity index (χ3n) is 4.14. The number of carbonyl (C=O) groups is 2. The van der Waals surface area contributed by atoms with Gasteiger partial charge in [0.1, 0.15) is 5.75 Å². The van der Waals surface area contributed by atoms with Crippen LogP contribution in [0.3, 0.4) is 0 Å². The molecule has 0 spiro atoms. The zero-order valence-electron chi connectivity index (χ0n) is 16.5. The van der Waals surface area contributed by atoms with Gasteiger partial charge in [0, 0.05) is 22.8 Å². The minimum atomic E-state index is -0.384. The fourth-order valence-electron chi connectivity index (χ4n) is 2.70. The number of benzene rings is 2. The summed E-state index contributed by atoms with van der Waals surface area (Å²) < 4.78 is 10.3. The van der Waals surface area contributed by atoms with Crippen molar-refractivity contribution in [2.45, 2.75) is 33.1 Å². The second-order valence-electron chi connectivity index (χ2n) is 7.20. The van der Waals surface area contributed by atoms with E-state index in [0.717, 1.165) is 16.9 Å². The van der Waals surface area contributed by atoms with E-state index in [1.165, 1.54) is 6.08 Å². The highest BCUT2D eigenvalue weighted by Gasteiger charge is 2.21. The molecule has 0 atom stereocenters. The minimum absolute atomic E-state index is 0.0518. The smallest absolute Gasteiger partial charge is 0.330 e. The van der Waals surface area contributed by atoms with E-state index in [1.54, 1.807) is 50.4 Å². The van der Waals surface area contributed by atoms with Crippen LogP contribution in [0.25, 0.3) is 6.08 Å². The molecule has 2 rings (SSSR count). The van der Waals surface area contributed by atoms with Crippen LogP contribution >= 0.6 is 0 Å². The molecule has 0 aromatic heterocycles. The first-order valence-corrected chi connectivity index (χ1v) is 8.94. The third kappa shape index (κ3) is 5.30. The molecule has 0 aliphatic rings. The summed E-state index contributed by atoms with van der Waals surface area (Å²) in [6.45, 7) is 8.36. The molecular weight excluding hydrogens is 340 g/mol. The third-order valence-corrected chi connectivity index (χ3v) is 4.14. The van der Waals surface area contributed by atoms with Crippen molar-refractivity contribution in [1.29, 1.82) is 0 Å². The molecule has 0 fully saturated rings. The molecule has 4 heteroatoms. The lowest BCUT2D eigenvalue weighted by Crippen LogP contribution is -2.14. The van der Waals surface area contributed by atoms with Gasteiger partial charge in [-0.15, -0.1) is 0 Å². The van der Waals surface area contributed by atoms with E-state index >= 15 is 0 Å². The lowest BCUT2D eigenvalue weighted by Gasteiger charge is -2.22. The summed E-state index contributed by atoms with van der Waals surface area (Å²) in [6.07, 6.45) is 3.04. The summed E-state index contributed by atoms with van der Waals surface area (Å²) in [6, 6.07) is 12.6.